The van der Waals surface area contributed by atoms with Gasteiger partial charge in [-0.15, -0.1) is 0 Å². The van der Waals surface area contributed by atoms with Gasteiger partial charge < -0.3 is 9.64 Å². The van der Waals surface area contributed by atoms with Crippen LogP contribution in [-0.2, 0) is 0 Å². The van der Waals surface area contributed by atoms with Crippen molar-refractivity contribution in [2.45, 2.75) is 52.1 Å². The lowest BCUT2D eigenvalue weighted by molar-refractivity contribution is 0.221. The number of ether oxygens (including phenoxy) is 1. The Morgan fingerprint density at radius 3 is 2.68 bits per heavy atom. The fourth-order valence-corrected chi connectivity index (χ4v) is 2.63. The molecule has 1 aromatic rings. The number of rotatable bonds is 5. The van der Waals surface area contributed by atoms with E-state index in [0.29, 0.717) is 0 Å². The Hall–Kier alpha value is -1.44. The van der Waals surface area contributed by atoms with Gasteiger partial charge >= 0.3 is 0 Å². The first-order valence-electron chi connectivity index (χ1n) is 7.45. The van der Waals surface area contributed by atoms with Crippen LogP contribution in [-0.4, -0.2) is 13.2 Å². The number of fused-ring (bicyclic) bond motifs is 1. The maximum atomic E-state index is 6.28. The average Bonchev–Trinajstić information content (AvgIpc) is 2.55. The first-order valence-corrected chi connectivity index (χ1v) is 7.45. The van der Waals surface area contributed by atoms with Crippen molar-refractivity contribution in [3.63, 3.8) is 0 Å². The summed E-state index contributed by atoms with van der Waals surface area (Å²) in [5.74, 6) is 1.01. The van der Waals surface area contributed by atoms with Crippen LogP contribution in [0.4, 0.5) is 5.69 Å². The van der Waals surface area contributed by atoms with Crippen molar-refractivity contribution < 1.29 is 4.74 Å². The lowest BCUT2D eigenvalue weighted by atomic mass is 10.0. The highest BCUT2D eigenvalue weighted by Gasteiger charge is 2.21. The molecular formula is C17H25NO. The van der Waals surface area contributed by atoms with Crippen LogP contribution in [0.5, 0.6) is 5.75 Å². The van der Waals surface area contributed by atoms with Crippen LogP contribution in [0.25, 0.3) is 0 Å². The van der Waals surface area contributed by atoms with E-state index in [1.165, 1.54) is 24.8 Å². The molecule has 1 aliphatic heterocycles. The van der Waals surface area contributed by atoms with E-state index >= 15 is 0 Å². The summed E-state index contributed by atoms with van der Waals surface area (Å²) in [7, 11) is 2.11. The van der Waals surface area contributed by atoms with Crippen LogP contribution in [0.15, 0.2) is 36.0 Å². The van der Waals surface area contributed by atoms with E-state index in [9.17, 15) is 0 Å². The molecule has 19 heavy (non-hydrogen) atoms. The summed E-state index contributed by atoms with van der Waals surface area (Å²) < 4.78 is 6.28. The molecule has 1 aromatic carbocycles. The molecule has 0 amide bonds. The van der Waals surface area contributed by atoms with Crippen molar-refractivity contribution in [3.8, 4) is 5.75 Å². The van der Waals surface area contributed by atoms with Crippen LogP contribution < -0.4 is 9.64 Å². The van der Waals surface area contributed by atoms with Gasteiger partial charge in [0.15, 0.2) is 0 Å². The highest BCUT2D eigenvalue weighted by atomic mass is 16.5. The van der Waals surface area contributed by atoms with Gasteiger partial charge in [-0.3, -0.25) is 0 Å². The Balaban J connectivity index is 2.28. The molecule has 0 saturated heterocycles. The summed E-state index contributed by atoms with van der Waals surface area (Å²) in [4.78, 5) is 2.20. The van der Waals surface area contributed by atoms with Crippen LogP contribution in [0.3, 0.4) is 0 Å². The summed E-state index contributed by atoms with van der Waals surface area (Å²) in [5.41, 5.74) is 2.59. The number of benzene rings is 1. The third-order valence-corrected chi connectivity index (χ3v) is 3.65. The van der Waals surface area contributed by atoms with E-state index in [4.69, 9.17) is 4.74 Å². The van der Waals surface area contributed by atoms with Gasteiger partial charge in [0.2, 0.25) is 0 Å². The number of hydrogen-bond donors (Lipinski definition) is 0. The minimum absolute atomic E-state index is 0.242. The molecule has 0 aliphatic carbocycles. The predicted octanol–water partition coefficient (Wildman–Crippen LogP) is 4.76. The Kier molecular flexibility index (Phi) is 4.89. The smallest absolute Gasteiger partial charge is 0.143 e. The molecule has 0 N–H and O–H groups in total. The van der Waals surface area contributed by atoms with Gasteiger partial charge in [0, 0.05) is 13.2 Å². The van der Waals surface area contributed by atoms with Crippen molar-refractivity contribution >= 4 is 5.69 Å². The first-order chi connectivity index (χ1) is 9.26. The zero-order chi connectivity index (χ0) is 13.7. The summed E-state index contributed by atoms with van der Waals surface area (Å²) in [6.45, 7) is 4.47. The van der Waals surface area contributed by atoms with E-state index in [1.807, 2.05) is 6.07 Å². The Morgan fingerprint density at radius 1 is 1.16 bits per heavy atom. The van der Waals surface area contributed by atoms with Crippen LogP contribution in [0.2, 0.25) is 0 Å². The standard InChI is InChI=1S/C17H25NO/c1-4-6-11-16-14(9-5-2)13-18(3)15-10-7-8-12-17(15)19-16/h7-8,10,12-13,16H,4-6,9,11H2,1-3H3. The number of unbranched alkanes of at least 4 members (excludes halogenated alkanes) is 1. The lowest BCUT2D eigenvalue weighted by Crippen LogP contribution is -2.19. The second-order valence-electron chi connectivity index (χ2n) is 5.28. The summed E-state index contributed by atoms with van der Waals surface area (Å²) in [6.07, 6.45) is 8.36. The molecule has 0 bridgehead atoms. The topological polar surface area (TPSA) is 12.5 Å². The van der Waals surface area contributed by atoms with E-state index < -0.39 is 0 Å². The average molecular weight is 259 g/mol. The molecule has 0 fully saturated rings. The maximum absolute atomic E-state index is 6.28. The van der Waals surface area contributed by atoms with Crippen LogP contribution >= 0.6 is 0 Å². The number of para-hydroxylation sites is 2. The normalized spacial score (nSPS) is 18.4. The summed E-state index contributed by atoms with van der Waals surface area (Å²) in [6, 6.07) is 8.32. The molecule has 2 nitrogen and oxygen atoms in total. The van der Waals surface area contributed by atoms with Crippen molar-refractivity contribution in [1.82, 2.24) is 0 Å². The second-order valence-corrected chi connectivity index (χ2v) is 5.28. The molecule has 2 heteroatoms. The molecule has 1 aliphatic rings. The molecule has 1 unspecified atom stereocenters. The zero-order valence-corrected chi connectivity index (χ0v) is 12.4. The molecule has 1 atom stereocenters. The fourth-order valence-electron chi connectivity index (χ4n) is 2.63. The van der Waals surface area contributed by atoms with E-state index in [1.54, 1.807) is 0 Å². The molecule has 0 radical (unpaired) electrons. The van der Waals surface area contributed by atoms with Crippen molar-refractivity contribution in [3.05, 3.63) is 36.0 Å². The quantitative estimate of drug-likeness (QED) is 0.756. The van der Waals surface area contributed by atoms with E-state index in [2.05, 4.69) is 50.2 Å². The zero-order valence-electron chi connectivity index (χ0n) is 12.4. The van der Waals surface area contributed by atoms with Gasteiger partial charge in [-0.05, 0) is 37.0 Å². The molecular weight excluding hydrogens is 234 g/mol. The first kappa shape index (κ1) is 14.0. The maximum Gasteiger partial charge on any atom is 0.143 e. The fraction of sp³-hybridized carbons (Fsp3) is 0.529. The Labute approximate surface area is 117 Å². The van der Waals surface area contributed by atoms with Gasteiger partial charge in [0.05, 0.1) is 5.69 Å². The minimum atomic E-state index is 0.242. The molecule has 2 rings (SSSR count). The SMILES string of the molecule is CCCCC1Oc2ccccc2N(C)C=C1CCC. The highest BCUT2D eigenvalue weighted by Crippen LogP contribution is 2.34. The number of anilines is 1. The van der Waals surface area contributed by atoms with Crippen molar-refractivity contribution in [2.75, 3.05) is 11.9 Å². The van der Waals surface area contributed by atoms with Crippen LogP contribution in [0, 0.1) is 0 Å². The number of nitrogens with zero attached hydrogens (tertiary/aromatic N) is 1. The van der Waals surface area contributed by atoms with E-state index in [-0.39, 0.29) is 6.10 Å². The van der Waals surface area contributed by atoms with Crippen molar-refractivity contribution in [1.29, 1.82) is 0 Å². The van der Waals surface area contributed by atoms with Gasteiger partial charge in [0.1, 0.15) is 11.9 Å². The second kappa shape index (κ2) is 6.65. The molecule has 104 valence electrons. The summed E-state index contributed by atoms with van der Waals surface area (Å²) in [5, 5.41) is 0. The lowest BCUT2D eigenvalue weighted by Gasteiger charge is -2.20. The van der Waals surface area contributed by atoms with Gasteiger partial charge in [-0.25, -0.2) is 0 Å². The van der Waals surface area contributed by atoms with Crippen molar-refractivity contribution in [2.24, 2.45) is 0 Å². The Bertz CT molecular complexity index is 439. The third kappa shape index (κ3) is 3.31. The molecule has 0 aromatic heterocycles. The molecule has 0 spiro atoms. The number of hydrogen-bond acceptors (Lipinski definition) is 2. The Morgan fingerprint density at radius 2 is 1.95 bits per heavy atom. The third-order valence-electron chi connectivity index (χ3n) is 3.65. The predicted molar refractivity (Wildman–Crippen MR) is 81.8 cm³/mol. The minimum Gasteiger partial charge on any atom is -0.484 e. The molecule has 0 saturated carbocycles. The van der Waals surface area contributed by atoms with Gasteiger partial charge in [-0.2, -0.15) is 0 Å². The van der Waals surface area contributed by atoms with Crippen LogP contribution in [0.1, 0.15) is 46.0 Å². The van der Waals surface area contributed by atoms with Gasteiger partial charge in [-0.1, -0.05) is 38.8 Å². The summed E-state index contributed by atoms with van der Waals surface area (Å²) >= 11 is 0. The van der Waals surface area contributed by atoms with E-state index in [0.717, 1.165) is 24.3 Å². The highest BCUT2D eigenvalue weighted by molar-refractivity contribution is 5.61. The largest absolute Gasteiger partial charge is 0.484 e. The molecule has 1 heterocycles. The van der Waals surface area contributed by atoms with Gasteiger partial charge in [0.25, 0.3) is 0 Å². The monoisotopic (exact) mass is 259 g/mol.